The maximum absolute atomic E-state index is 11.3. The van der Waals surface area contributed by atoms with E-state index in [9.17, 15) is 9.59 Å². The highest BCUT2D eigenvalue weighted by molar-refractivity contribution is 5.88. The first-order chi connectivity index (χ1) is 8.08. The number of ether oxygens (including phenoxy) is 2. The van der Waals surface area contributed by atoms with Crippen LogP contribution in [0.3, 0.4) is 0 Å². The van der Waals surface area contributed by atoms with E-state index in [4.69, 9.17) is 0 Å². The summed E-state index contributed by atoms with van der Waals surface area (Å²) in [5.74, 6) is -0.873. The number of methoxy groups -OCH3 is 2. The average molecular weight is 238 g/mol. The molecule has 0 aliphatic heterocycles. The third-order valence-corrected chi connectivity index (χ3v) is 2.17. The second kappa shape index (κ2) is 5.83. The number of anilines is 1. The molecule has 0 saturated carbocycles. The van der Waals surface area contributed by atoms with E-state index in [1.165, 1.54) is 20.4 Å². The van der Waals surface area contributed by atoms with Crippen molar-refractivity contribution in [1.82, 2.24) is 4.98 Å². The van der Waals surface area contributed by atoms with Crippen LogP contribution in [0.15, 0.2) is 18.3 Å². The molecule has 1 aromatic heterocycles. The van der Waals surface area contributed by atoms with Crippen LogP contribution in [0.1, 0.15) is 10.5 Å². The summed E-state index contributed by atoms with van der Waals surface area (Å²) in [7, 11) is 4.32. The number of carbonyl (C=O) groups is 2. The average Bonchev–Trinajstić information content (AvgIpc) is 2.37. The van der Waals surface area contributed by atoms with Crippen LogP contribution in [-0.4, -0.2) is 44.7 Å². The van der Waals surface area contributed by atoms with Crippen LogP contribution < -0.4 is 4.90 Å². The standard InChI is InChI=1S/C11H14N2O4/c1-13(7-10(14)16-2)8-4-5-12-9(6-8)11(15)17-3/h4-6H,7H2,1-3H3. The molecule has 0 fully saturated rings. The number of hydrogen-bond donors (Lipinski definition) is 0. The molecule has 17 heavy (non-hydrogen) atoms. The second-order valence-corrected chi connectivity index (χ2v) is 3.32. The first-order valence-electron chi connectivity index (χ1n) is 4.90. The van der Waals surface area contributed by atoms with Crippen molar-refractivity contribution in [3.63, 3.8) is 0 Å². The van der Waals surface area contributed by atoms with Gasteiger partial charge < -0.3 is 14.4 Å². The summed E-state index contributed by atoms with van der Waals surface area (Å²) >= 11 is 0. The molecule has 0 unspecified atom stereocenters. The van der Waals surface area contributed by atoms with Gasteiger partial charge in [-0.05, 0) is 12.1 Å². The van der Waals surface area contributed by atoms with Crippen molar-refractivity contribution in [3.05, 3.63) is 24.0 Å². The second-order valence-electron chi connectivity index (χ2n) is 3.32. The number of pyridine rings is 1. The third-order valence-electron chi connectivity index (χ3n) is 2.17. The number of nitrogens with zero attached hydrogens (tertiary/aromatic N) is 2. The molecule has 0 atom stereocenters. The van der Waals surface area contributed by atoms with Gasteiger partial charge in [-0.15, -0.1) is 0 Å². The number of esters is 2. The highest BCUT2D eigenvalue weighted by Crippen LogP contribution is 2.13. The van der Waals surface area contributed by atoms with Gasteiger partial charge in [-0.2, -0.15) is 0 Å². The highest BCUT2D eigenvalue weighted by Gasteiger charge is 2.11. The van der Waals surface area contributed by atoms with Gasteiger partial charge in [0, 0.05) is 18.9 Å². The van der Waals surface area contributed by atoms with Crippen molar-refractivity contribution < 1.29 is 19.1 Å². The summed E-state index contributed by atoms with van der Waals surface area (Å²) in [6.45, 7) is 0.0983. The first-order valence-corrected chi connectivity index (χ1v) is 4.90. The Labute approximate surface area is 99.2 Å². The largest absolute Gasteiger partial charge is 0.468 e. The molecule has 1 aromatic rings. The number of hydrogen-bond acceptors (Lipinski definition) is 6. The van der Waals surface area contributed by atoms with E-state index in [2.05, 4.69) is 14.5 Å². The Balaban J connectivity index is 2.84. The molecule has 0 spiro atoms. The molecule has 0 radical (unpaired) electrons. The fourth-order valence-corrected chi connectivity index (χ4v) is 1.22. The van der Waals surface area contributed by atoms with Gasteiger partial charge in [-0.1, -0.05) is 0 Å². The van der Waals surface area contributed by atoms with Crippen molar-refractivity contribution in [1.29, 1.82) is 0 Å². The topological polar surface area (TPSA) is 68.7 Å². The molecule has 92 valence electrons. The van der Waals surface area contributed by atoms with Gasteiger partial charge in [-0.3, -0.25) is 4.79 Å². The normalized spacial score (nSPS) is 9.59. The maximum atomic E-state index is 11.3. The lowest BCUT2D eigenvalue weighted by molar-refractivity contribution is -0.138. The van der Waals surface area contributed by atoms with Gasteiger partial charge in [0.2, 0.25) is 0 Å². The van der Waals surface area contributed by atoms with Gasteiger partial charge in [0.1, 0.15) is 12.2 Å². The predicted octanol–water partition coefficient (Wildman–Crippen LogP) is 0.477. The Morgan fingerprint density at radius 2 is 2.06 bits per heavy atom. The van der Waals surface area contributed by atoms with E-state index in [1.807, 2.05) is 0 Å². The van der Waals surface area contributed by atoms with Crippen LogP contribution in [0.4, 0.5) is 5.69 Å². The minimum atomic E-state index is -0.515. The van der Waals surface area contributed by atoms with Crippen LogP contribution in [0.25, 0.3) is 0 Å². The molecule has 0 bridgehead atoms. The highest BCUT2D eigenvalue weighted by atomic mass is 16.5. The zero-order valence-corrected chi connectivity index (χ0v) is 9.97. The quantitative estimate of drug-likeness (QED) is 0.710. The summed E-state index contributed by atoms with van der Waals surface area (Å²) in [6, 6.07) is 3.24. The lowest BCUT2D eigenvalue weighted by Gasteiger charge is -2.17. The Morgan fingerprint density at radius 3 is 2.65 bits per heavy atom. The Bertz CT molecular complexity index is 420. The monoisotopic (exact) mass is 238 g/mol. The van der Waals surface area contributed by atoms with E-state index < -0.39 is 5.97 Å². The van der Waals surface area contributed by atoms with Crippen molar-refractivity contribution in [2.75, 3.05) is 32.7 Å². The molecule has 1 rings (SSSR count). The van der Waals surface area contributed by atoms with E-state index in [0.717, 1.165) is 0 Å². The molecular formula is C11H14N2O4. The lowest BCUT2D eigenvalue weighted by atomic mass is 10.3. The van der Waals surface area contributed by atoms with Gasteiger partial charge >= 0.3 is 11.9 Å². The minimum absolute atomic E-state index is 0.0983. The van der Waals surface area contributed by atoms with E-state index >= 15 is 0 Å². The maximum Gasteiger partial charge on any atom is 0.356 e. The molecule has 0 saturated heterocycles. The summed E-state index contributed by atoms with van der Waals surface area (Å²) in [4.78, 5) is 27.9. The van der Waals surface area contributed by atoms with Gasteiger partial charge in [0.15, 0.2) is 0 Å². The zero-order chi connectivity index (χ0) is 12.8. The van der Waals surface area contributed by atoms with E-state index in [-0.39, 0.29) is 18.2 Å². The predicted molar refractivity (Wildman–Crippen MR) is 60.9 cm³/mol. The van der Waals surface area contributed by atoms with E-state index in [1.54, 1.807) is 24.1 Å². The lowest BCUT2D eigenvalue weighted by Crippen LogP contribution is -2.26. The third kappa shape index (κ3) is 3.44. The van der Waals surface area contributed by atoms with Crippen LogP contribution in [0.5, 0.6) is 0 Å². The molecule has 0 aromatic carbocycles. The molecule has 0 amide bonds. The fourth-order valence-electron chi connectivity index (χ4n) is 1.22. The molecule has 0 aliphatic rings. The van der Waals surface area contributed by atoms with Crippen molar-refractivity contribution in [2.24, 2.45) is 0 Å². The van der Waals surface area contributed by atoms with Crippen LogP contribution >= 0.6 is 0 Å². The molecule has 0 aliphatic carbocycles. The first kappa shape index (κ1) is 13.0. The fraction of sp³-hybridized carbons (Fsp3) is 0.364. The van der Waals surface area contributed by atoms with Crippen LogP contribution in [0.2, 0.25) is 0 Å². The number of aromatic nitrogens is 1. The van der Waals surface area contributed by atoms with Gasteiger partial charge in [0.25, 0.3) is 0 Å². The van der Waals surface area contributed by atoms with Crippen LogP contribution in [-0.2, 0) is 14.3 Å². The van der Waals surface area contributed by atoms with Crippen molar-refractivity contribution in [2.45, 2.75) is 0 Å². The molecule has 6 heteroatoms. The molecule has 1 heterocycles. The van der Waals surface area contributed by atoms with Crippen molar-refractivity contribution >= 4 is 17.6 Å². The van der Waals surface area contributed by atoms with Crippen LogP contribution in [0, 0.1) is 0 Å². The Hall–Kier alpha value is -2.11. The molecule has 6 nitrogen and oxygen atoms in total. The number of carbonyl (C=O) groups excluding carboxylic acids is 2. The zero-order valence-electron chi connectivity index (χ0n) is 9.97. The number of rotatable bonds is 4. The molecule has 0 N–H and O–H groups in total. The SMILES string of the molecule is COC(=O)CN(C)c1ccnc(C(=O)OC)c1. The van der Waals surface area contributed by atoms with Gasteiger partial charge in [-0.25, -0.2) is 9.78 Å². The Kier molecular flexibility index (Phi) is 4.45. The van der Waals surface area contributed by atoms with E-state index in [0.29, 0.717) is 5.69 Å². The Morgan fingerprint density at radius 1 is 1.35 bits per heavy atom. The minimum Gasteiger partial charge on any atom is -0.468 e. The summed E-state index contributed by atoms with van der Waals surface area (Å²) in [5, 5.41) is 0. The van der Waals surface area contributed by atoms with Gasteiger partial charge in [0.05, 0.1) is 14.2 Å². The summed E-state index contributed by atoms with van der Waals surface area (Å²) < 4.78 is 9.12. The molecular weight excluding hydrogens is 224 g/mol. The number of likely N-dealkylation sites (N-methyl/N-ethyl adjacent to an activating group) is 1. The smallest absolute Gasteiger partial charge is 0.356 e. The van der Waals surface area contributed by atoms with Crippen molar-refractivity contribution in [3.8, 4) is 0 Å². The summed E-state index contributed by atoms with van der Waals surface area (Å²) in [6.07, 6.45) is 1.48. The summed E-state index contributed by atoms with van der Waals surface area (Å²) in [5.41, 5.74) is 0.882.